The van der Waals surface area contributed by atoms with Crippen LogP contribution in [0.25, 0.3) is 55.6 Å². The zero-order valence-electron chi connectivity index (χ0n) is 66.6. The third kappa shape index (κ3) is 27.9. The largest absolute Gasteiger partial charge is 0.573 e. The number of rotatable bonds is 20. The van der Waals surface area contributed by atoms with Gasteiger partial charge >= 0.3 is 18.9 Å². The van der Waals surface area contributed by atoms with Gasteiger partial charge in [0.05, 0.1) is 12.7 Å². The van der Waals surface area contributed by atoms with E-state index in [1.54, 1.807) is 147 Å². The summed E-state index contributed by atoms with van der Waals surface area (Å²) in [6.07, 6.45) is 10.4. The number of carbonyl (C=O) groups excluding carboxylic acids is 5. The topological polar surface area (TPSA) is 402 Å². The summed E-state index contributed by atoms with van der Waals surface area (Å²) >= 11 is 3.32. The summed E-state index contributed by atoms with van der Waals surface area (Å²) in [4.78, 5) is 154. The first-order chi connectivity index (χ1) is 61.8. The molecule has 0 atom stereocenters. The number of aryl methyl sites for hydroxylation is 1. The number of aromatic amines is 5. The van der Waals surface area contributed by atoms with Gasteiger partial charge in [-0.05, 0) is 216 Å². The Bertz CT molecular complexity index is 6730. The number of hydrogen-bond acceptors (Lipinski definition) is 18. The molecule has 15 aromatic rings. The maximum atomic E-state index is 13.1. The van der Waals surface area contributed by atoms with Gasteiger partial charge in [0, 0.05) is 154 Å². The highest BCUT2D eigenvalue weighted by Crippen LogP contribution is 2.37. The second-order valence-electron chi connectivity index (χ2n) is 26.8. The van der Waals surface area contributed by atoms with E-state index in [-0.39, 0.29) is 68.1 Å². The fourth-order valence-corrected chi connectivity index (χ4v) is 11.9. The molecule has 129 heavy (non-hydrogen) atoms. The number of pyridine rings is 10. The second-order valence-corrected chi connectivity index (χ2v) is 27.7. The highest BCUT2D eigenvalue weighted by Gasteiger charge is 2.36. The number of hydrogen-bond donors (Lipinski definition) is 10. The van der Waals surface area contributed by atoms with Gasteiger partial charge in [0.25, 0.3) is 51.4 Å². The molecule has 0 aliphatic rings. The predicted molar refractivity (Wildman–Crippen MR) is 465 cm³/mol. The summed E-state index contributed by atoms with van der Waals surface area (Å²) in [6, 6.07) is 53.9. The predicted octanol–water partition coefficient (Wildman–Crippen LogP) is 17.4. The number of alkyl halides is 9. The average Bonchev–Trinajstić information content (AvgIpc) is 0.809. The van der Waals surface area contributed by atoms with Crippen LogP contribution in [0.4, 0.5) is 68.0 Å². The third-order valence-corrected chi connectivity index (χ3v) is 18.4. The smallest absolute Gasteiger partial charge is 0.496 e. The molecule has 0 saturated heterocycles. The van der Waals surface area contributed by atoms with Crippen molar-refractivity contribution in [3.63, 3.8) is 0 Å². The van der Waals surface area contributed by atoms with E-state index in [1.807, 2.05) is 54.6 Å². The summed E-state index contributed by atoms with van der Waals surface area (Å²) < 4.78 is 126. The van der Waals surface area contributed by atoms with E-state index >= 15 is 0 Å². The summed E-state index contributed by atoms with van der Waals surface area (Å²) in [6.45, 7) is 0. The number of halogens is 10. The fourth-order valence-electron chi connectivity index (χ4n) is 11.6. The molecular formula is C91H67BrF9N15O13. The Kier molecular flexibility index (Phi) is 31.3. The minimum absolute atomic E-state index is 0.00457. The molecule has 5 aromatic carbocycles. The highest BCUT2D eigenvalue weighted by molar-refractivity contribution is 9.10. The molecule has 38 heteroatoms. The van der Waals surface area contributed by atoms with Crippen LogP contribution in [0.2, 0.25) is 0 Å². The normalized spacial score (nSPS) is 10.8. The number of benzene rings is 5. The molecule has 0 aliphatic carbocycles. The van der Waals surface area contributed by atoms with Gasteiger partial charge in [-0.15, -0.1) is 26.3 Å². The van der Waals surface area contributed by atoms with E-state index in [0.717, 1.165) is 98.6 Å². The van der Waals surface area contributed by atoms with Gasteiger partial charge in [-0.25, -0.2) is 0 Å². The first-order valence-electron chi connectivity index (χ1n) is 37.8. The zero-order chi connectivity index (χ0) is 92.2. The Morgan fingerprint density at radius 1 is 0.333 bits per heavy atom. The number of amides is 5. The molecule has 0 aliphatic heterocycles. The minimum Gasteiger partial charge on any atom is -0.496 e. The number of nitrogens with zero attached hydrogens (tertiary/aromatic N) is 5. The molecule has 0 bridgehead atoms. The molecular weight excluding hydrogens is 1760 g/mol. The molecule has 0 saturated carbocycles. The Morgan fingerprint density at radius 3 is 0.977 bits per heavy atom. The Balaban J connectivity index is 0.000000156. The molecule has 0 unspecified atom stereocenters. The van der Waals surface area contributed by atoms with Crippen molar-refractivity contribution in [2.75, 3.05) is 33.7 Å². The monoisotopic (exact) mass is 1830 g/mol. The minimum atomic E-state index is -4.87. The van der Waals surface area contributed by atoms with Crippen molar-refractivity contribution in [2.24, 2.45) is 0 Å². The molecule has 10 heterocycles. The first kappa shape index (κ1) is 92.9. The van der Waals surface area contributed by atoms with Gasteiger partial charge in [0.2, 0.25) is 5.91 Å². The summed E-state index contributed by atoms with van der Waals surface area (Å²) in [5, 5.41) is 12.5. The van der Waals surface area contributed by atoms with Crippen LogP contribution < -0.4 is 68.6 Å². The van der Waals surface area contributed by atoms with Crippen LogP contribution in [-0.2, 0) is 17.4 Å². The van der Waals surface area contributed by atoms with Crippen molar-refractivity contribution in [1.82, 2.24) is 49.8 Å². The number of ether oxygens (including phenoxy) is 3. The maximum Gasteiger partial charge on any atom is 0.573 e. The van der Waals surface area contributed by atoms with Gasteiger partial charge in [0.15, 0.2) is 0 Å². The van der Waals surface area contributed by atoms with Crippen LogP contribution >= 0.6 is 15.9 Å². The summed E-state index contributed by atoms with van der Waals surface area (Å²) in [5.41, 5.74) is 5.78. The molecule has 0 fully saturated rings. The van der Waals surface area contributed by atoms with Gasteiger partial charge in [-0.2, -0.15) is 13.2 Å². The van der Waals surface area contributed by atoms with Crippen LogP contribution in [0.3, 0.4) is 0 Å². The lowest BCUT2D eigenvalue weighted by atomic mass is 10.1. The number of methoxy groups -OCH3 is 1. The van der Waals surface area contributed by atoms with E-state index in [4.69, 9.17) is 4.74 Å². The zero-order valence-corrected chi connectivity index (χ0v) is 68.2. The van der Waals surface area contributed by atoms with Crippen molar-refractivity contribution in [3.8, 4) is 72.9 Å². The lowest BCUT2D eigenvalue weighted by Crippen LogP contribution is -2.20. The van der Waals surface area contributed by atoms with Crippen molar-refractivity contribution >= 4 is 73.9 Å². The van der Waals surface area contributed by atoms with Crippen LogP contribution in [0, 0.1) is 0 Å². The standard InChI is InChI=1S/C19H14F3N3O3.C19H17N3O2.2C18H12F3N3O3.C17H12BrN3O2/c1-28-16-3-2-12(8-14(16)19(20,21)22)17(26)25-15-9-13(10-24-18(15)27)11-4-6-23-7-5-11;23-18(7-6-14-4-2-1-3-5-14)22-17-12-16(13-21-19(17)24)15-8-10-20-11-9-15;19-18(20,21)27-14-3-1-12(2-4-14)16(25)24-15-9-13(10-23-17(15)26)11-5-7-22-8-6-11;19-18(20,21)27-14-3-1-2-12(8-14)16(25)24-15-9-13(10-23-17(15)26)11-4-6-22-7-5-11;18-14-3-1-12(2-4-14)16(22)21-15-9-13(10-20-17(15)23)11-5-7-19-8-6-11/h2-10H,1H3,(H,24,27)(H,25,26);1-5,8-13H,6-7H2,(H,21,24)(H,22,23);2*1-10H,(H,23,26)(H,24,25);1-10H,(H,20,23)(H,21,22). The van der Waals surface area contributed by atoms with Crippen LogP contribution in [0.5, 0.6) is 17.2 Å². The molecule has 15 rings (SSSR count). The number of aromatic nitrogens is 10. The number of anilines is 5. The van der Waals surface area contributed by atoms with E-state index < -0.39 is 76.1 Å². The highest BCUT2D eigenvalue weighted by atomic mass is 79.9. The quantitative estimate of drug-likeness (QED) is 0.0317. The molecule has 10 aromatic heterocycles. The van der Waals surface area contributed by atoms with Crippen molar-refractivity contribution in [1.29, 1.82) is 0 Å². The third-order valence-electron chi connectivity index (χ3n) is 17.9. The van der Waals surface area contributed by atoms with Crippen molar-refractivity contribution < 1.29 is 77.7 Å². The SMILES string of the molecule is COc1ccc(C(=O)Nc2cc(-c3ccncc3)c[nH]c2=O)cc1C(F)(F)F.O=C(CCc1ccccc1)Nc1cc(-c2ccncc2)c[nH]c1=O.O=C(Nc1cc(-c2ccncc2)c[nH]c1=O)c1ccc(Br)cc1.O=C(Nc1cc(-c2ccncc2)c[nH]c1=O)c1ccc(OC(F)(F)F)cc1.O=C(Nc1cc(-c2ccncc2)c[nH]c1=O)c1cccc(OC(F)(F)F)c1. The summed E-state index contributed by atoms with van der Waals surface area (Å²) in [5.74, 6) is -4.16. The number of nitrogens with one attached hydrogen (secondary N) is 10. The van der Waals surface area contributed by atoms with E-state index in [1.165, 1.54) is 55.0 Å². The van der Waals surface area contributed by atoms with Gasteiger partial charge < -0.3 is 65.7 Å². The lowest BCUT2D eigenvalue weighted by Gasteiger charge is -2.13. The van der Waals surface area contributed by atoms with E-state index in [9.17, 15) is 87.5 Å². The Morgan fingerprint density at radius 2 is 0.643 bits per heavy atom. The molecule has 28 nitrogen and oxygen atoms in total. The number of carbonyl (C=O) groups is 5. The average molecular weight is 1830 g/mol. The first-order valence-corrected chi connectivity index (χ1v) is 38.5. The molecule has 0 radical (unpaired) electrons. The fraction of sp³-hybridized carbons (Fsp3) is 0.0659. The van der Waals surface area contributed by atoms with Gasteiger partial charge in [-0.1, -0.05) is 52.3 Å². The summed E-state index contributed by atoms with van der Waals surface area (Å²) in [7, 11) is 1.11. The van der Waals surface area contributed by atoms with Crippen LogP contribution in [-0.4, -0.2) is 99.2 Å². The lowest BCUT2D eigenvalue weighted by molar-refractivity contribution is -0.275. The second kappa shape index (κ2) is 43.5. The van der Waals surface area contributed by atoms with Gasteiger partial charge in [-0.3, -0.25) is 72.9 Å². The molecule has 5 amide bonds. The molecule has 654 valence electrons. The number of H-pyrrole nitrogens is 5. The Labute approximate surface area is 731 Å². The van der Waals surface area contributed by atoms with Crippen LogP contribution in [0.15, 0.2) is 334 Å². The van der Waals surface area contributed by atoms with Gasteiger partial charge in [0.1, 0.15) is 45.7 Å². The van der Waals surface area contributed by atoms with Crippen LogP contribution in [0.1, 0.15) is 59.0 Å². The van der Waals surface area contributed by atoms with E-state index in [2.05, 4.69) is 102 Å². The van der Waals surface area contributed by atoms with E-state index in [0.29, 0.717) is 41.2 Å². The Hall–Kier alpha value is -16.8. The maximum absolute atomic E-state index is 13.1. The molecule has 0 spiro atoms. The van der Waals surface area contributed by atoms with Crippen molar-refractivity contribution in [2.45, 2.75) is 31.7 Å². The van der Waals surface area contributed by atoms with Crippen molar-refractivity contribution in [3.05, 3.63) is 395 Å². The molecule has 10 N–H and O–H groups in total.